The lowest BCUT2D eigenvalue weighted by Crippen LogP contribution is -2.22. The largest absolute Gasteiger partial charge is 0.508 e. The van der Waals surface area contributed by atoms with Crippen LogP contribution in [0.4, 0.5) is 0 Å². The maximum Gasteiger partial charge on any atom is 0.115 e. The molecule has 3 nitrogen and oxygen atoms in total. The molecule has 170 valence electrons. The van der Waals surface area contributed by atoms with Crippen LogP contribution in [0, 0.1) is 0 Å². The zero-order chi connectivity index (χ0) is 24.1. The molecule has 0 unspecified atom stereocenters. The second kappa shape index (κ2) is 9.83. The Hall–Kier alpha value is -3.72. The molecule has 4 aromatic carbocycles. The molecule has 0 spiro atoms. The van der Waals surface area contributed by atoms with E-state index in [4.69, 9.17) is 5.11 Å². The van der Waals surface area contributed by atoms with Gasteiger partial charge in [0.1, 0.15) is 17.2 Å². The number of benzene rings is 4. The highest BCUT2D eigenvalue weighted by Gasteiger charge is 2.27. The summed E-state index contributed by atoms with van der Waals surface area (Å²) in [5.41, 5.74) is 4.44. The first kappa shape index (κ1) is 23.9. The first-order valence-electron chi connectivity index (χ1n) is 11.0. The van der Waals surface area contributed by atoms with E-state index in [1.807, 2.05) is 30.3 Å². The van der Waals surface area contributed by atoms with Gasteiger partial charge in [0.15, 0.2) is 0 Å². The van der Waals surface area contributed by atoms with Crippen LogP contribution >= 0.6 is 0 Å². The SMILES string of the molecule is CC(C)(c1ccc(O)cc1)c1cccc(C(C)(C)c2ccc(O)cc2)c1.Oc1ccccc1. The fourth-order valence-corrected chi connectivity index (χ4v) is 3.81. The van der Waals surface area contributed by atoms with E-state index in [0.29, 0.717) is 5.75 Å². The number of rotatable bonds is 4. The zero-order valence-corrected chi connectivity index (χ0v) is 19.7. The van der Waals surface area contributed by atoms with Gasteiger partial charge in [0.2, 0.25) is 0 Å². The van der Waals surface area contributed by atoms with Gasteiger partial charge in [-0.1, -0.05) is 94.4 Å². The minimum atomic E-state index is -0.172. The van der Waals surface area contributed by atoms with E-state index < -0.39 is 0 Å². The minimum Gasteiger partial charge on any atom is -0.508 e. The molecule has 4 aromatic rings. The molecule has 3 heteroatoms. The highest BCUT2D eigenvalue weighted by molar-refractivity contribution is 5.45. The predicted molar refractivity (Wildman–Crippen MR) is 135 cm³/mol. The third kappa shape index (κ3) is 5.75. The highest BCUT2D eigenvalue weighted by Crippen LogP contribution is 2.37. The quantitative estimate of drug-likeness (QED) is 0.316. The van der Waals surface area contributed by atoms with Gasteiger partial charge in [0.25, 0.3) is 0 Å². The van der Waals surface area contributed by atoms with E-state index in [9.17, 15) is 10.2 Å². The molecule has 0 amide bonds. The van der Waals surface area contributed by atoms with Gasteiger partial charge >= 0.3 is 0 Å². The molecular weight excluding hydrogens is 408 g/mol. The summed E-state index contributed by atoms with van der Waals surface area (Å²) in [6.07, 6.45) is 0. The van der Waals surface area contributed by atoms with Gasteiger partial charge in [-0.15, -0.1) is 0 Å². The molecule has 0 saturated carbocycles. The van der Waals surface area contributed by atoms with Crippen LogP contribution in [0.2, 0.25) is 0 Å². The number of phenolic OH excluding ortho intramolecular Hbond substituents is 3. The number of hydrogen-bond donors (Lipinski definition) is 3. The molecule has 0 aliphatic carbocycles. The third-order valence-corrected chi connectivity index (χ3v) is 6.24. The number of phenols is 3. The lowest BCUT2D eigenvalue weighted by Gasteiger charge is -2.31. The van der Waals surface area contributed by atoms with Gasteiger partial charge in [-0.2, -0.15) is 0 Å². The van der Waals surface area contributed by atoms with Crippen molar-refractivity contribution in [3.05, 3.63) is 125 Å². The molecule has 0 radical (unpaired) electrons. The predicted octanol–water partition coefficient (Wildman–Crippen LogP) is 7.14. The van der Waals surface area contributed by atoms with Crippen molar-refractivity contribution in [1.29, 1.82) is 0 Å². The average Bonchev–Trinajstić information content (AvgIpc) is 2.81. The molecule has 0 fully saturated rings. The van der Waals surface area contributed by atoms with Gasteiger partial charge in [-0.3, -0.25) is 0 Å². The molecule has 0 saturated heterocycles. The van der Waals surface area contributed by atoms with Gasteiger partial charge in [0, 0.05) is 10.8 Å². The summed E-state index contributed by atoms with van der Waals surface area (Å²) in [6, 6.07) is 32.3. The van der Waals surface area contributed by atoms with Crippen molar-refractivity contribution < 1.29 is 15.3 Å². The Morgan fingerprint density at radius 3 is 1.09 bits per heavy atom. The summed E-state index contributed by atoms with van der Waals surface area (Å²) in [6.45, 7) is 8.80. The van der Waals surface area contributed by atoms with Crippen molar-refractivity contribution in [3.63, 3.8) is 0 Å². The summed E-state index contributed by atoms with van der Waals surface area (Å²) >= 11 is 0. The van der Waals surface area contributed by atoms with Crippen LogP contribution in [0.15, 0.2) is 103 Å². The van der Waals surface area contributed by atoms with Crippen molar-refractivity contribution >= 4 is 0 Å². The molecule has 33 heavy (non-hydrogen) atoms. The van der Waals surface area contributed by atoms with E-state index in [1.165, 1.54) is 11.1 Å². The van der Waals surface area contributed by atoms with Gasteiger partial charge in [0.05, 0.1) is 0 Å². The molecule has 0 aliphatic rings. The van der Waals surface area contributed by atoms with Crippen molar-refractivity contribution in [2.45, 2.75) is 38.5 Å². The second-order valence-electron chi connectivity index (χ2n) is 9.26. The van der Waals surface area contributed by atoms with E-state index >= 15 is 0 Å². The Morgan fingerprint density at radius 2 is 0.758 bits per heavy atom. The Kier molecular flexibility index (Phi) is 7.13. The number of hydrogen-bond acceptors (Lipinski definition) is 3. The second-order valence-corrected chi connectivity index (χ2v) is 9.26. The lowest BCUT2D eigenvalue weighted by molar-refractivity contribution is 0.474. The van der Waals surface area contributed by atoms with Gasteiger partial charge in [-0.05, 0) is 58.7 Å². The normalized spacial score (nSPS) is 11.4. The summed E-state index contributed by atoms with van der Waals surface area (Å²) < 4.78 is 0. The number of aromatic hydroxyl groups is 3. The van der Waals surface area contributed by atoms with E-state index in [1.54, 1.807) is 48.5 Å². The summed E-state index contributed by atoms with van der Waals surface area (Å²) in [4.78, 5) is 0. The van der Waals surface area contributed by atoms with Crippen LogP contribution in [-0.2, 0) is 10.8 Å². The minimum absolute atomic E-state index is 0.172. The van der Waals surface area contributed by atoms with Crippen molar-refractivity contribution in [2.24, 2.45) is 0 Å². The number of para-hydroxylation sites is 1. The van der Waals surface area contributed by atoms with Crippen LogP contribution in [0.3, 0.4) is 0 Å². The first-order valence-corrected chi connectivity index (χ1v) is 11.0. The molecular formula is C30H32O3. The summed E-state index contributed by atoms with van der Waals surface area (Å²) in [7, 11) is 0. The summed E-state index contributed by atoms with van der Waals surface area (Å²) in [5, 5.41) is 27.8. The topological polar surface area (TPSA) is 60.7 Å². The first-order chi connectivity index (χ1) is 15.6. The monoisotopic (exact) mass is 440 g/mol. The Balaban J connectivity index is 0.000000374. The fourth-order valence-electron chi connectivity index (χ4n) is 3.81. The molecule has 0 aliphatic heterocycles. The molecule has 0 heterocycles. The zero-order valence-electron chi connectivity index (χ0n) is 19.7. The highest BCUT2D eigenvalue weighted by atomic mass is 16.3. The van der Waals surface area contributed by atoms with Gasteiger partial charge in [-0.25, -0.2) is 0 Å². The van der Waals surface area contributed by atoms with Crippen LogP contribution in [0.25, 0.3) is 0 Å². The molecule has 3 N–H and O–H groups in total. The van der Waals surface area contributed by atoms with E-state index in [-0.39, 0.29) is 22.3 Å². The van der Waals surface area contributed by atoms with E-state index in [2.05, 4.69) is 52.0 Å². The standard InChI is InChI=1S/C24H26O2.C6H6O/c1-23(2,17-8-12-21(25)13-9-17)19-6-5-7-20(16-19)24(3,4)18-10-14-22(26)15-11-18;7-6-4-2-1-3-5-6/h5-16,25-26H,1-4H3;1-5,7H. The average molecular weight is 441 g/mol. The molecule has 4 rings (SSSR count). The Morgan fingerprint density at radius 1 is 0.394 bits per heavy atom. The van der Waals surface area contributed by atoms with Crippen LogP contribution in [0.5, 0.6) is 17.2 Å². The maximum absolute atomic E-state index is 9.57. The Bertz CT molecular complexity index is 1090. The molecule has 0 atom stereocenters. The fraction of sp³-hybridized carbons (Fsp3) is 0.200. The molecule has 0 bridgehead atoms. The maximum atomic E-state index is 9.57. The van der Waals surface area contributed by atoms with Gasteiger partial charge < -0.3 is 15.3 Å². The Labute approximate surface area is 196 Å². The van der Waals surface area contributed by atoms with Crippen molar-refractivity contribution in [2.75, 3.05) is 0 Å². The smallest absolute Gasteiger partial charge is 0.115 e. The van der Waals surface area contributed by atoms with Crippen LogP contribution < -0.4 is 0 Å². The summed E-state index contributed by atoms with van der Waals surface area (Å²) in [5.74, 6) is 0.890. The van der Waals surface area contributed by atoms with E-state index in [0.717, 1.165) is 11.1 Å². The van der Waals surface area contributed by atoms with Crippen LogP contribution in [0.1, 0.15) is 49.9 Å². The molecule has 0 aromatic heterocycles. The van der Waals surface area contributed by atoms with Crippen molar-refractivity contribution in [1.82, 2.24) is 0 Å². The lowest BCUT2D eigenvalue weighted by atomic mass is 9.73. The third-order valence-electron chi connectivity index (χ3n) is 6.24. The van der Waals surface area contributed by atoms with Crippen LogP contribution in [-0.4, -0.2) is 15.3 Å². The van der Waals surface area contributed by atoms with Crippen molar-refractivity contribution in [3.8, 4) is 17.2 Å².